The number of alkyl halides is 1. The van der Waals surface area contributed by atoms with Gasteiger partial charge in [0.25, 0.3) is 0 Å². The van der Waals surface area contributed by atoms with E-state index in [0.29, 0.717) is 11.3 Å². The first-order chi connectivity index (χ1) is 8.34. The summed E-state index contributed by atoms with van der Waals surface area (Å²) in [6.45, 7) is 4.31. The van der Waals surface area contributed by atoms with E-state index in [1.807, 2.05) is 0 Å². The highest BCUT2D eigenvalue weighted by Gasteiger charge is 2.22. The van der Waals surface area contributed by atoms with Gasteiger partial charge >= 0.3 is 0 Å². The average Bonchev–Trinajstić information content (AvgIpc) is 2.35. The van der Waals surface area contributed by atoms with Crippen molar-refractivity contribution < 1.29 is 9.47 Å². The third-order valence-corrected chi connectivity index (χ3v) is 3.86. The molecule has 4 heteroatoms. The molecule has 1 aliphatic rings. The van der Waals surface area contributed by atoms with Gasteiger partial charge in [0.15, 0.2) is 0 Å². The van der Waals surface area contributed by atoms with Gasteiger partial charge in [0.05, 0.1) is 6.61 Å². The van der Waals surface area contributed by atoms with Crippen LogP contribution in [0.3, 0.4) is 0 Å². The average molecular weight is 264 g/mol. The van der Waals surface area contributed by atoms with E-state index >= 15 is 0 Å². The fraction of sp³-hybridized carbons (Fsp3) is 1.00. The van der Waals surface area contributed by atoms with Gasteiger partial charge in [-0.15, -0.1) is 11.6 Å². The summed E-state index contributed by atoms with van der Waals surface area (Å²) in [5.74, 6) is 0.652. The summed E-state index contributed by atoms with van der Waals surface area (Å²) in [6, 6.07) is 0. The van der Waals surface area contributed by atoms with E-state index in [-0.39, 0.29) is 0 Å². The maximum Gasteiger partial charge on any atom is 0.0590 e. The lowest BCUT2D eigenvalue weighted by Crippen LogP contribution is -2.32. The van der Waals surface area contributed by atoms with Crippen molar-refractivity contribution >= 4 is 11.6 Å². The van der Waals surface area contributed by atoms with Crippen LogP contribution in [0, 0.1) is 5.92 Å². The Morgan fingerprint density at radius 3 is 2.76 bits per heavy atom. The van der Waals surface area contributed by atoms with Crippen LogP contribution in [0.4, 0.5) is 0 Å². The molecule has 2 atom stereocenters. The van der Waals surface area contributed by atoms with Crippen LogP contribution in [-0.4, -0.2) is 45.4 Å². The highest BCUT2D eigenvalue weighted by molar-refractivity contribution is 6.20. The number of hydrogen-bond acceptors (Lipinski definition) is 3. The third-order valence-electron chi connectivity index (χ3n) is 3.28. The van der Waals surface area contributed by atoms with Crippen molar-refractivity contribution in [1.29, 1.82) is 0 Å². The zero-order chi connectivity index (χ0) is 12.3. The summed E-state index contributed by atoms with van der Waals surface area (Å²) in [5, 5.41) is 3.81. The molecule has 3 nitrogen and oxygen atoms in total. The standard InChI is InChI=1S/C13H26ClNO2/c1-16-8-4-9-17-10-7-15-11-12-5-2-3-6-13(12)14/h12-13,15H,2-11H2,1H3. The largest absolute Gasteiger partial charge is 0.385 e. The number of rotatable bonds is 9. The van der Waals surface area contributed by atoms with Gasteiger partial charge in [0.1, 0.15) is 0 Å². The second-order valence-corrected chi connectivity index (χ2v) is 5.28. The quantitative estimate of drug-likeness (QED) is 0.512. The van der Waals surface area contributed by atoms with Gasteiger partial charge in [0.2, 0.25) is 0 Å². The Balaban J connectivity index is 1.86. The van der Waals surface area contributed by atoms with E-state index in [4.69, 9.17) is 21.1 Å². The lowest BCUT2D eigenvalue weighted by Gasteiger charge is -2.27. The van der Waals surface area contributed by atoms with Crippen LogP contribution in [0.2, 0.25) is 0 Å². The summed E-state index contributed by atoms with van der Waals surface area (Å²) >= 11 is 6.29. The Hall–Kier alpha value is 0.170. The number of hydrogen-bond donors (Lipinski definition) is 1. The van der Waals surface area contributed by atoms with Gasteiger partial charge < -0.3 is 14.8 Å². The van der Waals surface area contributed by atoms with Gasteiger partial charge in [-0.25, -0.2) is 0 Å². The zero-order valence-electron chi connectivity index (χ0n) is 10.9. The van der Waals surface area contributed by atoms with Crippen LogP contribution >= 0.6 is 11.6 Å². The molecule has 2 unspecified atom stereocenters. The van der Waals surface area contributed by atoms with Crippen LogP contribution in [0.15, 0.2) is 0 Å². The maximum atomic E-state index is 6.29. The summed E-state index contributed by atoms with van der Waals surface area (Å²) in [5.41, 5.74) is 0. The minimum absolute atomic E-state index is 0.374. The second-order valence-electron chi connectivity index (χ2n) is 4.72. The van der Waals surface area contributed by atoms with Crippen LogP contribution in [-0.2, 0) is 9.47 Å². The monoisotopic (exact) mass is 263 g/mol. The van der Waals surface area contributed by atoms with Crippen molar-refractivity contribution in [1.82, 2.24) is 5.32 Å². The molecular formula is C13H26ClNO2. The molecule has 1 N–H and O–H groups in total. The zero-order valence-corrected chi connectivity index (χ0v) is 11.7. The van der Waals surface area contributed by atoms with Gasteiger partial charge in [-0.3, -0.25) is 0 Å². The van der Waals surface area contributed by atoms with E-state index in [9.17, 15) is 0 Å². The fourth-order valence-electron chi connectivity index (χ4n) is 2.23. The molecule has 1 aliphatic carbocycles. The van der Waals surface area contributed by atoms with Crippen LogP contribution in [0.1, 0.15) is 32.1 Å². The van der Waals surface area contributed by atoms with E-state index in [0.717, 1.165) is 39.3 Å². The molecule has 0 radical (unpaired) electrons. The first-order valence-corrected chi connectivity index (χ1v) is 7.19. The molecule has 0 aromatic carbocycles. The first-order valence-electron chi connectivity index (χ1n) is 6.76. The van der Waals surface area contributed by atoms with Gasteiger partial charge in [0, 0.05) is 32.2 Å². The molecule has 0 aromatic heterocycles. The molecule has 17 heavy (non-hydrogen) atoms. The fourth-order valence-corrected chi connectivity index (χ4v) is 2.60. The van der Waals surface area contributed by atoms with E-state index < -0.39 is 0 Å². The highest BCUT2D eigenvalue weighted by atomic mass is 35.5. The maximum absolute atomic E-state index is 6.29. The van der Waals surface area contributed by atoms with Gasteiger partial charge in [-0.1, -0.05) is 12.8 Å². The SMILES string of the molecule is COCCCOCCNCC1CCCCC1Cl. The van der Waals surface area contributed by atoms with Crippen molar-refractivity contribution in [2.24, 2.45) is 5.92 Å². The van der Waals surface area contributed by atoms with Crippen molar-refractivity contribution in [3.8, 4) is 0 Å². The number of ether oxygens (including phenoxy) is 2. The summed E-state index contributed by atoms with van der Waals surface area (Å²) in [7, 11) is 1.72. The molecule has 0 spiro atoms. The van der Waals surface area contributed by atoms with Crippen molar-refractivity contribution in [2.75, 3.05) is 40.0 Å². The Labute approximate surface area is 110 Å². The van der Waals surface area contributed by atoms with E-state index in [2.05, 4.69) is 5.32 Å². The number of nitrogens with one attached hydrogen (secondary N) is 1. The van der Waals surface area contributed by atoms with Crippen LogP contribution in [0.25, 0.3) is 0 Å². The topological polar surface area (TPSA) is 30.5 Å². The normalized spacial score (nSPS) is 25.1. The molecular weight excluding hydrogens is 238 g/mol. The molecule has 102 valence electrons. The van der Waals surface area contributed by atoms with E-state index in [1.54, 1.807) is 7.11 Å². The Bertz CT molecular complexity index is 181. The minimum atomic E-state index is 0.374. The molecule has 0 amide bonds. The molecule has 0 saturated heterocycles. The van der Waals surface area contributed by atoms with Gasteiger partial charge in [-0.2, -0.15) is 0 Å². The first kappa shape index (κ1) is 15.2. The Kier molecular flexibility index (Phi) is 9.07. The second kappa shape index (κ2) is 10.1. The summed E-state index contributed by atoms with van der Waals surface area (Å²) in [4.78, 5) is 0. The summed E-state index contributed by atoms with van der Waals surface area (Å²) < 4.78 is 10.4. The third kappa shape index (κ3) is 7.24. The molecule has 1 rings (SSSR count). The summed E-state index contributed by atoms with van der Waals surface area (Å²) in [6.07, 6.45) is 6.07. The van der Waals surface area contributed by atoms with Crippen LogP contribution < -0.4 is 5.32 Å². The minimum Gasteiger partial charge on any atom is -0.385 e. The van der Waals surface area contributed by atoms with Crippen molar-refractivity contribution in [3.63, 3.8) is 0 Å². The smallest absolute Gasteiger partial charge is 0.0590 e. The lowest BCUT2D eigenvalue weighted by molar-refractivity contribution is 0.103. The van der Waals surface area contributed by atoms with Crippen LogP contribution in [0.5, 0.6) is 0 Å². The van der Waals surface area contributed by atoms with E-state index in [1.165, 1.54) is 25.7 Å². The number of halogens is 1. The lowest BCUT2D eigenvalue weighted by atomic mass is 9.89. The predicted octanol–water partition coefficient (Wildman–Crippen LogP) is 2.43. The molecule has 0 aromatic rings. The van der Waals surface area contributed by atoms with Gasteiger partial charge in [-0.05, 0) is 31.7 Å². The molecule has 0 heterocycles. The predicted molar refractivity (Wildman–Crippen MR) is 71.8 cm³/mol. The molecule has 1 fully saturated rings. The molecule has 0 bridgehead atoms. The number of methoxy groups -OCH3 is 1. The Morgan fingerprint density at radius 2 is 2.00 bits per heavy atom. The van der Waals surface area contributed by atoms with Crippen molar-refractivity contribution in [2.45, 2.75) is 37.5 Å². The van der Waals surface area contributed by atoms with Crippen molar-refractivity contribution in [3.05, 3.63) is 0 Å². The Morgan fingerprint density at radius 1 is 1.18 bits per heavy atom. The molecule has 1 saturated carbocycles. The highest BCUT2D eigenvalue weighted by Crippen LogP contribution is 2.27. The molecule has 0 aliphatic heterocycles.